The second-order valence-corrected chi connectivity index (χ2v) is 4.22. The Morgan fingerprint density at radius 1 is 1.38 bits per heavy atom. The fraction of sp³-hybridized carbons (Fsp3) is 0.667. The minimum Gasteiger partial charge on any atom is -0.364 e. The van der Waals surface area contributed by atoms with Gasteiger partial charge in [-0.3, -0.25) is 0 Å². The van der Waals surface area contributed by atoms with Crippen molar-refractivity contribution < 1.29 is 0 Å². The SMILES string of the molecule is CCC(C)c1[nH]cc2c1CCCC2. The van der Waals surface area contributed by atoms with Crippen molar-refractivity contribution in [3.05, 3.63) is 23.0 Å². The summed E-state index contributed by atoms with van der Waals surface area (Å²) in [6, 6.07) is 0. The minimum atomic E-state index is 0.710. The molecule has 0 bridgehead atoms. The molecule has 0 spiro atoms. The summed E-state index contributed by atoms with van der Waals surface area (Å²) < 4.78 is 0. The Morgan fingerprint density at radius 3 is 2.92 bits per heavy atom. The molecule has 13 heavy (non-hydrogen) atoms. The van der Waals surface area contributed by atoms with Gasteiger partial charge >= 0.3 is 0 Å². The van der Waals surface area contributed by atoms with Gasteiger partial charge in [-0.1, -0.05) is 13.8 Å². The molecule has 1 nitrogen and oxygen atoms in total. The lowest BCUT2D eigenvalue weighted by Gasteiger charge is -2.15. The summed E-state index contributed by atoms with van der Waals surface area (Å²) in [4.78, 5) is 3.47. The molecule has 0 aromatic carbocycles. The van der Waals surface area contributed by atoms with E-state index in [2.05, 4.69) is 25.0 Å². The predicted molar refractivity (Wildman–Crippen MR) is 56.1 cm³/mol. The van der Waals surface area contributed by atoms with Crippen LogP contribution in [0, 0.1) is 0 Å². The summed E-state index contributed by atoms with van der Waals surface area (Å²) in [5.41, 5.74) is 4.74. The van der Waals surface area contributed by atoms with Crippen molar-refractivity contribution >= 4 is 0 Å². The molecule has 0 fully saturated rings. The van der Waals surface area contributed by atoms with Crippen LogP contribution in [0.2, 0.25) is 0 Å². The lowest BCUT2D eigenvalue weighted by molar-refractivity contribution is 0.658. The molecule has 2 rings (SSSR count). The quantitative estimate of drug-likeness (QED) is 0.712. The summed E-state index contributed by atoms with van der Waals surface area (Å²) in [6.07, 6.45) is 8.84. The van der Waals surface area contributed by atoms with E-state index in [9.17, 15) is 0 Å². The monoisotopic (exact) mass is 177 g/mol. The largest absolute Gasteiger partial charge is 0.364 e. The molecule has 1 aromatic heterocycles. The summed E-state index contributed by atoms with van der Waals surface area (Å²) >= 11 is 0. The van der Waals surface area contributed by atoms with Crippen molar-refractivity contribution in [2.45, 2.75) is 51.9 Å². The molecule has 1 aliphatic carbocycles. The van der Waals surface area contributed by atoms with Crippen molar-refractivity contribution in [3.8, 4) is 0 Å². The summed E-state index contributed by atoms with van der Waals surface area (Å²) in [5.74, 6) is 0.710. The fourth-order valence-electron chi connectivity index (χ4n) is 2.29. The van der Waals surface area contributed by atoms with E-state index >= 15 is 0 Å². The van der Waals surface area contributed by atoms with Crippen LogP contribution in [-0.4, -0.2) is 4.98 Å². The fourth-order valence-corrected chi connectivity index (χ4v) is 2.29. The first-order chi connectivity index (χ1) is 6.33. The van der Waals surface area contributed by atoms with Crippen molar-refractivity contribution in [2.75, 3.05) is 0 Å². The van der Waals surface area contributed by atoms with Gasteiger partial charge in [0.1, 0.15) is 0 Å². The van der Waals surface area contributed by atoms with Crippen LogP contribution in [0.4, 0.5) is 0 Å². The van der Waals surface area contributed by atoms with E-state index in [1.165, 1.54) is 37.8 Å². The molecule has 1 unspecified atom stereocenters. The van der Waals surface area contributed by atoms with Crippen molar-refractivity contribution in [3.63, 3.8) is 0 Å². The van der Waals surface area contributed by atoms with E-state index in [-0.39, 0.29) is 0 Å². The summed E-state index contributed by atoms with van der Waals surface area (Å²) in [6.45, 7) is 4.58. The molecule has 0 radical (unpaired) electrons. The average Bonchev–Trinajstić information content (AvgIpc) is 2.60. The third kappa shape index (κ3) is 1.52. The van der Waals surface area contributed by atoms with Gasteiger partial charge in [-0.2, -0.15) is 0 Å². The van der Waals surface area contributed by atoms with E-state index in [4.69, 9.17) is 0 Å². The standard InChI is InChI=1S/C12H19N/c1-3-9(2)12-11-7-5-4-6-10(11)8-13-12/h8-9,13H,3-7H2,1-2H3. The third-order valence-corrected chi connectivity index (χ3v) is 3.34. The number of H-pyrrole nitrogens is 1. The zero-order valence-electron chi connectivity index (χ0n) is 8.69. The first-order valence-corrected chi connectivity index (χ1v) is 5.52. The Kier molecular flexibility index (Phi) is 2.43. The Balaban J connectivity index is 2.31. The van der Waals surface area contributed by atoms with Crippen LogP contribution < -0.4 is 0 Å². The molecule has 72 valence electrons. The molecular weight excluding hydrogens is 158 g/mol. The zero-order chi connectivity index (χ0) is 9.26. The van der Waals surface area contributed by atoms with Gasteiger partial charge in [0.2, 0.25) is 0 Å². The maximum absolute atomic E-state index is 3.47. The minimum absolute atomic E-state index is 0.710. The molecule has 0 aliphatic heterocycles. The Hall–Kier alpha value is -0.720. The first kappa shape index (κ1) is 8.86. The number of aryl methyl sites for hydroxylation is 1. The lowest BCUT2D eigenvalue weighted by atomic mass is 9.90. The average molecular weight is 177 g/mol. The van der Waals surface area contributed by atoms with Gasteiger partial charge < -0.3 is 4.98 Å². The smallest absolute Gasteiger partial charge is 0.0211 e. The van der Waals surface area contributed by atoms with Crippen LogP contribution in [0.5, 0.6) is 0 Å². The topological polar surface area (TPSA) is 15.8 Å². The molecular formula is C12H19N. The maximum atomic E-state index is 3.47. The van der Waals surface area contributed by atoms with Gasteiger partial charge in [0.15, 0.2) is 0 Å². The number of hydrogen-bond donors (Lipinski definition) is 1. The molecule has 1 aliphatic rings. The zero-order valence-corrected chi connectivity index (χ0v) is 8.69. The van der Waals surface area contributed by atoms with E-state index in [1.54, 1.807) is 11.1 Å². The highest BCUT2D eigenvalue weighted by Crippen LogP contribution is 2.29. The van der Waals surface area contributed by atoms with Crippen LogP contribution >= 0.6 is 0 Å². The van der Waals surface area contributed by atoms with E-state index in [0.717, 1.165) is 0 Å². The van der Waals surface area contributed by atoms with Gasteiger partial charge in [0.25, 0.3) is 0 Å². The predicted octanol–water partition coefficient (Wildman–Crippen LogP) is 3.41. The van der Waals surface area contributed by atoms with Gasteiger partial charge in [0, 0.05) is 11.9 Å². The third-order valence-electron chi connectivity index (χ3n) is 3.34. The van der Waals surface area contributed by atoms with Crippen LogP contribution in [0.15, 0.2) is 6.20 Å². The van der Waals surface area contributed by atoms with Gasteiger partial charge in [-0.05, 0) is 49.1 Å². The van der Waals surface area contributed by atoms with Crippen molar-refractivity contribution in [2.24, 2.45) is 0 Å². The van der Waals surface area contributed by atoms with Crippen molar-refractivity contribution in [1.82, 2.24) is 4.98 Å². The van der Waals surface area contributed by atoms with Gasteiger partial charge in [0.05, 0.1) is 0 Å². The summed E-state index contributed by atoms with van der Waals surface area (Å²) in [5, 5.41) is 0. The first-order valence-electron chi connectivity index (χ1n) is 5.52. The molecule has 1 atom stereocenters. The highest BCUT2D eigenvalue weighted by molar-refractivity contribution is 5.34. The molecule has 0 saturated carbocycles. The van der Waals surface area contributed by atoms with Gasteiger partial charge in [-0.25, -0.2) is 0 Å². The normalized spacial score (nSPS) is 18.3. The van der Waals surface area contributed by atoms with E-state index in [0.29, 0.717) is 5.92 Å². The molecule has 0 amide bonds. The van der Waals surface area contributed by atoms with E-state index in [1.807, 2.05) is 0 Å². The molecule has 1 heterocycles. The maximum Gasteiger partial charge on any atom is 0.0211 e. The number of nitrogens with one attached hydrogen (secondary N) is 1. The number of rotatable bonds is 2. The van der Waals surface area contributed by atoms with Crippen LogP contribution in [0.25, 0.3) is 0 Å². The second-order valence-electron chi connectivity index (χ2n) is 4.22. The number of aromatic amines is 1. The Morgan fingerprint density at radius 2 is 2.15 bits per heavy atom. The number of aromatic nitrogens is 1. The second kappa shape index (κ2) is 3.57. The molecule has 1 N–H and O–H groups in total. The van der Waals surface area contributed by atoms with Crippen molar-refractivity contribution in [1.29, 1.82) is 0 Å². The Bertz CT molecular complexity index is 285. The Labute approximate surface area is 80.6 Å². The van der Waals surface area contributed by atoms with Gasteiger partial charge in [-0.15, -0.1) is 0 Å². The van der Waals surface area contributed by atoms with E-state index < -0.39 is 0 Å². The van der Waals surface area contributed by atoms with Crippen LogP contribution in [0.1, 0.15) is 55.8 Å². The number of hydrogen-bond acceptors (Lipinski definition) is 0. The van der Waals surface area contributed by atoms with Crippen LogP contribution in [0.3, 0.4) is 0 Å². The number of fused-ring (bicyclic) bond motifs is 1. The lowest BCUT2D eigenvalue weighted by Crippen LogP contribution is -2.03. The molecule has 1 heteroatoms. The molecule has 0 saturated heterocycles. The van der Waals surface area contributed by atoms with Crippen LogP contribution in [-0.2, 0) is 12.8 Å². The molecule has 1 aromatic rings. The summed E-state index contributed by atoms with van der Waals surface area (Å²) in [7, 11) is 0. The highest BCUT2D eigenvalue weighted by atomic mass is 14.7. The highest BCUT2D eigenvalue weighted by Gasteiger charge is 2.17.